The van der Waals surface area contributed by atoms with Gasteiger partial charge in [-0.25, -0.2) is 0 Å². The minimum absolute atomic E-state index is 0.123. The first-order chi connectivity index (χ1) is 6.52. The van der Waals surface area contributed by atoms with Crippen molar-refractivity contribution in [2.75, 3.05) is 14.1 Å². The van der Waals surface area contributed by atoms with Crippen LogP contribution in [-0.4, -0.2) is 33.7 Å². The summed E-state index contributed by atoms with van der Waals surface area (Å²) < 4.78 is 21.2. The van der Waals surface area contributed by atoms with Crippen LogP contribution in [0.25, 0.3) is 0 Å². The smallest absolute Gasteiger partial charge is 0.253 e. The quantitative estimate of drug-likeness (QED) is 0.675. The van der Waals surface area contributed by atoms with E-state index < -0.39 is 11.1 Å². The van der Waals surface area contributed by atoms with E-state index in [0.717, 1.165) is 0 Å². The standard InChI is InChI=1S/C9H11NO3S/c1-10(2)9(11)7-4-3-5-8(6-7)14(12)13/h3-6H,1-2H3,(H,12,13)/p-1. The second-order valence-electron chi connectivity index (χ2n) is 2.96. The Morgan fingerprint density at radius 2 is 2.07 bits per heavy atom. The minimum atomic E-state index is -2.29. The highest BCUT2D eigenvalue weighted by atomic mass is 32.2. The molecule has 0 saturated carbocycles. The molecule has 0 heterocycles. The lowest BCUT2D eigenvalue weighted by Crippen LogP contribution is -2.21. The summed E-state index contributed by atoms with van der Waals surface area (Å²) >= 11 is -2.29. The highest BCUT2D eigenvalue weighted by Crippen LogP contribution is 2.09. The summed E-state index contributed by atoms with van der Waals surface area (Å²) in [5.41, 5.74) is 0.372. The van der Waals surface area contributed by atoms with Crippen LogP contribution in [0.1, 0.15) is 10.4 Å². The summed E-state index contributed by atoms with van der Waals surface area (Å²) in [6.45, 7) is 0. The van der Waals surface area contributed by atoms with Crippen molar-refractivity contribution in [1.29, 1.82) is 0 Å². The number of nitrogens with zero attached hydrogens (tertiary/aromatic N) is 1. The third-order valence-corrected chi connectivity index (χ3v) is 2.32. The molecular formula is C9H10NO3S-. The van der Waals surface area contributed by atoms with Crippen LogP contribution in [0, 0.1) is 0 Å². The maximum atomic E-state index is 11.4. The van der Waals surface area contributed by atoms with Crippen molar-refractivity contribution in [2.45, 2.75) is 4.90 Å². The molecule has 0 spiro atoms. The van der Waals surface area contributed by atoms with Crippen molar-refractivity contribution >= 4 is 17.0 Å². The van der Waals surface area contributed by atoms with Gasteiger partial charge in [0.1, 0.15) is 0 Å². The largest absolute Gasteiger partial charge is 0.768 e. The van der Waals surface area contributed by atoms with Gasteiger partial charge in [-0.15, -0.1) is 0 Å². The van der Waals surface area contributed by atoms with Crippen LogP contribution >= 0.6 is 0 Å². The Balaban J connectivity index is 3.06. The SMILES string of the molecule is CN(C)C(=O)c1cccc(S(=O)[O-])c1. The predicted molar refractivity (Wildman–Crippen MR) is 51.6 cm³/mol. The van der Waals surface area contributed by atoms with Crippen molar-refractivity contribution in [3.8, 4) is 0 Å². The van der Waals surface area contributed by atoms with Gasteiger partial charge in [0.05, 0.1) is 0 Å². The van der Waals surface area contributed by atoms with Gasteiger partial charge in [-0.2, -0.15) is 0 Å². The second-order valence-corrected chi connectivity index (χ2v) is 3.90. The topological polar surface area (TPSA) is 60.4 Å². The lowest BCUT2D eigenvalue weighted by Gasteiger charge is -2.11. The molecule has 0 aliphatic rings. The Labute approximate surface area is 84.8 Å². The summed E-state index contributed by atoms with van der Waals surface area (Å²) in [7, 11) is 3.23. The molecule has 0 saturated heterocycles. The first-order valence-corrected chi connectivity index (χ1v) is 5.01. The molecule has 1 unspecified atom stereocenters. The third-order valence-electron chi connectivity index (χ3n) is 1.68. The maximum absolute atomic E-state index is 11.4. The van der Waals surface area contributed by atoms with Gasteiger partial charge >= 0.3 is 0 Å². The molecule has 1 atom stereocenters. The zero-order chi connectivity index (χ0) is 10.7. The fourth-order valence-corrected chi connectivity index (χ4v) is 1.40. The number of hydrogen-bond donors (Lipinski definition) is 0. The van der Waals surface area contributed by atoms with Crippen molar-refractivity contribution < 1.29 is 13.6 Å². The van der Waals surface area contributed by atoms with E-state index in [1.54, 1.807) is 26.2 Å². The van der Waals surface area contributed by atoms with Crippen LogP contribution in [0.3, 0.4) is 0 Å². The average molecular weight is 212 g/mol. The monoisotopic (exact) mass is 212 g/mol. The Bertz CT molecular complexity index is 376. The molecule has 0 radical (unpaired) electrons. The van der Waals surface area contributed by atoms with Gasteiger partial charge < -0.3 is 9.45 Å². The molecule has 1 rings (SSSR count). The molecule has 0 aliphatic heterocycles. The molecule has 0 aliphatic carbocycles. The van der Waals surface area contributed by atoms with Crippen molar-refractivity contribution in [1.82, 2.24) is 4.90 Å². The summed E-state index contributed by atoms with van der Waals surface area (Å²) in [6.07, 6.45) is 0. The Morgan fingerprint density at radius 1 is 1.43 bits per heavy atom. The molecule has 1 aromatic rings. The lowest BCUT2D eigenvalue weighted by molar-refractivity contribution is 0.0827. The number of benzene rings is 1. The fraction of sp³-hybridized carbons (Fsp3) is 0.222. The fourth-order valence-electron chi connectivity index (χ4n) is 0.991. The van der Waals surface area contributed by atoms with Crippen LogP contribution in [-0.2, 0) is 11.1 Å². The number of carbonyl (C=O) groups is 1. The Hall–Kier alpha value is -1.20. The highest BCUT2D eigenvalue weighted by Gasteiger charge is 2.07. The Morgan fingerprint density at radius 3 is 2.57 bits per heavy atom. The molecule has 76 valence electrons. The predicted octanol–water partition coefficient (Wildman–Crippen LogP) is 0.626. The van der Waals surface area contributed by atoms with Crippen molar-refractivity contribution in [3.63, 3.8) is 0 Å². The van der Waals surface area contributed by atoms with E-state index in [-0.39, 0.29) is 10.8 Å². The van der Waals surface area contributed by atoms with E-state index in [1.165, 1.54) is 17.0 Å². The summed E-state index contributed by atoms with van der Waals surface area (Å²) in [5.74, 6) is -0.211. The molecule has 0 aromatic heterocycles. The molecule has 0 N–H and O–H groups in total. The molecule has 0 fully saturated rings. The zero-order valence-corrected chi connectivity index (χ0v) is 8.71. The van der Waals surface area contributed by atoms with Crippen LogP contribution in [0.2, 0.25) is 0 Å². The van der Waals surface area contributed by atoms with E-state index in [0.29, 0.717) is 5.56 Å². The van der Waals surface area contributed by atoms with Crippen molar-refractivity contribution in [2.24, 2.45) is 0 Å². The molecule has 1 amide bonds. The van der Waals surface area contributed by atoms with Gasteiger partial charge in [0.2, 0.25) is 0 Å². The lowest BCUT2D eigenvalue weighted by atomic mass is 10.2. The van der Waals surface area contributed by atoms with Gasteiger partial charge in [-0.05, 0) is 29.3 Å². The summed E-state index contributed by atoms with van der Waals surface area (Å²) in [6, 6.07) is 5.92. The molecule has 4 nitrogen and oxygen atoms in total. The van der Waals surface area contributed by atoms with Crippen LogP contribution < -0.4 is 0 Å². The molecule has 0 bridgehead atoms. The molecular weight excluding hydrogens is 202 g/mol. The van der Waals surface area contributed by atoms with Gasteiger partial charge in [-0.1, -0.05) is 6.07 Å². The highest BCUT2D eigenvalue weighted by molar-refractivity contribution is 7.79. The van der Waals surface area contributed by atoms with Gasteiger partial charge in [0.15, 0.2) is 0 Å². The number of carbonyl (C=O) groups excluding carboxylic acids is 1. The molecule has 14 heavy (non-hydrogen) atoms. The first kappa shape index (κ1) is 10.9. The average Bonchev–Trinajstić information content (AvgIpc) is 2.16. The number of amides is 1. The zero-order valence-electron chi connectivity index (χ0n) is 7.89. The maximum Gasteiger partial charge on any atom is 0.253 e. The minimum Gasteiger partial charge on any atom is -0.768 e. The van der Waals surface area contributed by atoms with E-state index in [4.69, 9.17) is 0 Å². The summed E-state index contributed by atoms with van der Waals surface area (Å²) in [5, 5.41) is 0. The van der Waals surface area contributed by atoms with Gasteiger partial charge in [-0.3, -0.25) is 9.00 Å². The van der Waals surface area contributed by atoms with Gasteiger partial charge in [0.25, 0.3) is 5.91 Å². The first-order valence-electron chi connectivity index (χ1n) is 3.93. The van der Waals surface area contributed by atoms with E-state index in [1.807, 2.05) is 0 Å². The molecule has 5 heteroatoms. The van der Waals surface area contributed by atoms with E-state index >= 15 is 0 Å². The van der Waals surface area contributed by atoms with E-state index in [9.17, 15) is 13.6 Å². The second kappa shape index (κ2) is 4.34. The molecule has 1 aromatic carbocycles. The van der Waals surface area contributed by atoms with Crippen LogP contribution in [0.4, 0.5) is 0 Å². The van der Waals surface area contributed by atoms with Crippen LogP contribution in [0.15, 0.2) is 29.2 Å². The number of hydrogen-bond acceptors (Lipinski definition) is 3. The third kappa shape index (κ3) is 2.40. The summed E-state index contributed by atoms with van der Waals surface area (Å²) in [4.78, 5) is 13.0. The van der Waals surface area contributed by atoms with Gasteiger partial charge in [0, 0.05) is 24.6 Å². The normalized spacial score (nSPS) is 12.2. The number of rotatable bonds is 2. The van der Waals surface area contributed by atoms with Crippen LogP contribution in [0.5, 0.6) is 0 Å². The Kier molecular flexibility index (Phi) is 3.38. The van der Waals surface area contributed by atoms with E-state index in [2.05, 4.69) is 0 Å². The van der Waals surface area contributed by atoms with Crippen molar-refractivity contribution in [3.05, 3.63) is 29.8 Å².